The van der Waals surface area contributed by atoms with Crippen molar-refractivity contribution in [3.05, 3.63) is 53.6 Å². The average molecular weight is 294 g/mol. The Morgan fingerprint density at radius 2 is 2.05 bits per heavy atom. The summed E-state index contributed by atoms with van der Waals surface area (Å²) in [6.07, 6.45) is 2.35. The van der Waals surface area contributed by atoms with Crippen molar-refractivity contribution in [3.8, 4) is 6.07 Å². The van der Waals surface area contributed by atoms with Gasteiger partial charge in [0.1, 0.15) is 11.6 Å². The highest BCUT2D eigenvalue weighted by Crippen LogP contribution is 2.20. The van der Waals surface area contributed by atoms with Crippen LogP contribution in [0.5, 0.6) is 0 Å². The van der Waals surface area contributed by atoms with Gasteiger partial charge in [0.05, 0.1) is 0 Å². The van der Waals surface area contributed by atoms with E-state index in [1.807, 2.05) is 48.5 Å². The van der Waals surface area contributed by atoms with Crippen LogP contribution in [0.25, 0.3) is 16.8 Å². The zero-order valence-electron chi connectivity index (χ0n) is 12.5. The van der Waals surface area contributed by atoms with Crippen molar-refractivity contribution < 1.29 is 9.53 Å². The summed E-state index contributed by atoms with van der Waals surface area (Å²) in [6, 6.07) is 15.7. The molecule has 0 saturated carbocycles. The molecule has 2 aromatic carbocycles. The molecule has 1 amide bonds. The molecule has 0 bridgehead atoms. The van der Waals surface area contributed by atoms with Crippen LogP contribution in [-0.4, -0.2) is 26.2 Å². The summed E-state index contributed by atoms with van der Waals surface area (Å²) in [5, 5.41) is 14.1. The highest BCUT2D eigenvalue weighted by Gasteiger charge is 2.09. The number of benzene rings is 2. The Morgan fingerprint density at radius 3 is 2.82 bits per heavy atom. The molecule has 0 aliphatic heterocycles. The summed E-state index contributed by atoms with van der Waals surface area (Å²) >= 11 is 0. The van der Waals surface area contributed by atoms with E-state index in [2.05, 4.69) is 5.32 Å². The SMILES string of the molecule is COCCCNC(=O)C(C#N)=Cc1cccc2ccccc12. The van der Waals surface area contributed by atoms with Gasteiger partial charge in [0, 0.05) is 20.3 Å². The number of carbonyl (C=O) groups excluding carboxylic acids is 1. The van der Waals surface area contributed by atoms with Gasteiger partial charge in [-0.1, -0.05) is 42.5 Å². The number of carbonyl (C=O) groups is 1. The predicted octanol–water partition coefficient (Wildman–Crippen LogP) is 2.90. The zero-order valence-corrected chi connectivity index (χ0v) is 12.5. The number of amides is 1. The molecule has 2 aromatic rings. The first kappa shape index (κ1) is 15.7. The average Bonchev–Trinajstić information content (AvgIpc) is 2.56. The Labute approximate surface area is 130 Å². The van der Waals surface area contributed by atoms with Crippen LogP contribution in [0.1, 0.15) is 12.0 Å². The minimum absolute atomic E-state index is 0.105. The van der Waals surface area contributed by atoms with Crippen LogP contribution in [0.15, 0.2) is 48.0 Å². The van der Waals surface area contributed by atoms with Crippen LogP contribution in [0, 0.1) is 11.3 Å². The van der Waals surface area contributed by atoms with Crippen molar-refractivity contribution in [2.45, 2.75) is 6.42 Å². The summed E-state index contributed by atoms with van der Waals surface area (Å²) in [4.78, 5) is 12.0. The van der Waals surface area contributed by atoms with Crippen molar-refractivity contribution in [2.75, 3.05) is 20.3 Å². The van der Waals surface area contributed by atoms with Gasteiger partial charge in [0.2, 0.25) is 0 Å². The van der Waals surface area contributed by atoms with Gasteiger partial charge >= 0.3 is 0 Å². The van der Waals surface area contributed by atoms with E-state index in [9.17, 15) is 10.1 Å². The van der Waals surface area contributed by atoms with Gasteiger partial charge in [-0.15, -0.1) is 0 Å². The van der Waals surface area contributed by atoms with Gasteiger partial charge in [0.25, 0.3) is 5.91 Å². The molecule has 0 aromatic heterocycles. The largest absolute Gasteiger partial charge is 0.385 e. The summed E-state index contributed by atoms with van der Waals surface area (Å²) < 4.78 is 4.92. The fourth-order valence-electron chi connectivity index (χ4n) is 2.19. The van der Waals surface area contributed by atoms with E-state index in [4.69, 9.17) is 4.74 Å². The highest BCUT2D eigenvalue weighted by molar-refractivity contribution is 6.04. The Hall–Kier alpha value is -2.64. The molecule has 4 nitrogen and oxygen atoms in total. The summed E-state index contributed by atoms with van der Waals surface area (Å²) in [5.74, 6) is -0.355. The summed E-state index contributed by atoms with van der Waals surface area (Å²) in [5.41, 5.74) is 0.968. The number of hydrogen-bond acceptors (Lipinski definition) is 3. The third-order valence-corrected chi connectivity index (χ3v) is 3.30. The lowest BCUT2D eigenvalue weighted by Crippen LogP contribution is -2.26. The minimum atomic E-state index is -0.355. The monoisotopic (exact) mass is 294 g/mol. The molecule has 0 aliphatic rings. The molecule has 0 aliphatic carbocycles. The number of methoxy groups -OCH3 is 1. The maximum atomic E-state index is 12.0. The molecular formula is C18H18N2O2. The van der Waals surface area contributed by atoms with Crippen LogP contribution < -0.4 is 5.32 Å². The molecule has 0 unspecified atom stereocenters. The van der Waals surface area contributed by atoms with Gasteiger partial charge in [-0.05, 0) is 28.8 Å². The van der Waals surface area contributed by atoms with Gasteiger partial charge in [-0.2, -0.15) is 5.26 Å². The number of hydrogen-bond donors (Lipinski definition) is 1. The first-order valence-corrected chi connectivity index (χ1v) is 7.13. The van der Waals surface area contributed by atoms with Gasteiger partial charge < -0.3 is 10.1 Å². The Kier molecular flexibility index (Phi) is 5.70. The maximum absolute atomic E-state index is 12.0. The van der Waals surface area contributed by atoms with Crippen LogP contribution >= 0.6 is 0 Å². The number of nitriles is 1. The fourth-order valence-corrected chi connectivity index (χ4v) is 2.19. The molecule has 2 rings (SSSR count). The van der Waals surface area contributed by atoms with Gasteiger partial charge in [-0.25, -0.2) is 0 Å². The van der Waals surface area contributed by atoms with Crippen molar-refractivity contribution in [3.63, 3.8) is 0 Å². The van der Waals surface area contributed by atoms with E-state index in [1.165, 1.54) is 0 Å². The van der Waals surface area contributed by atoms with Crippen LogP contribution in [-0.2, 0) is 9.53 Å². The van der Waals surface area contributed by atoms with E-state index in [-0.39, 0.29) is 11.5 Å². The number of nitrogens with zero attached hydrogens (tertiary/aromatic N) is 1. The van der Waals surface area contributed by atoms with E-state index in [1.54, 1.807) is 13.2 Å². The van der Waals surface area contributed by atoms with Crippen molar-refractivity contribution in [2.24, 2.45) is 0 Å². The number of nitrogens with one attached hydrogen (secondary N) is 1. The summed E-state index contributed by atoms with van der Waals surface area (Å²) in [7, 11) is 1.61. The van der Waals surface area contributed by atoms with E-state index >= 15 is 0 Å². The smallest absolute Gasteiger partial charge is 0.261 e. The van der Waals surface area contributed by atoms with Gasteiger partial charge in [-0.3, -0.25) is 4.79 Å². The molecule has 0 heterocycles. The fraction of sp³-hybridized carbons (Fsp3) is 0.222. The topological polar surface area (TPSA) is 62.1 Å². The molecular weight excluding hydrogens is 276 g/mol. The van der Waals surface area contributed by atoms with E-state index in [0.717, 1.165) is 22.8 Å². The lowest BCUT2D eigenvalue weighted by molar-refractivity contribution is -0.117. The Morgan fingerprint density at radius 1 is 1.27 bits per heavy atom. The normalized spacial score (nSPS) is 11.2. The molecule has 0 saturated heterocycles. The molecule has 112 valence electrons. The second kappa shape index (κ2) is 7.96. The van der Waals surface area contributed by atoms with Crippen LogP contribution in [0.3, 0.4) is 0 Å². The zero-order chi connectivity index (χ0) is 15.8. The van der Waals surface area contributed by atoms with Crippen molar-refractivity contribution >= 4 is 22.8 Å². The number of rotatable bonds is 6. The number of fused-ring (bicyclic) bond motifs is 1. The molecule has 0 radical (unpaired) electrons. The highest BCUT2D eigenvalue weighted by atomic mass is 16.5. The minimum Gasteiger partial charge on any atom is -0.385 e. The number of ether oxygens (including phenoxy) is 1. The van der Waals surface area contributed by atoms with E-state index < -0.39 is 0 Å². The quantitative estimate of drug-likeness (QED) is 0.506. The standard InChI is InChI=1S/C18H18N2O2/c1-22-11-5-10-20-18(21)16(13-19)12-15-8-4-7-14-6-2-3-9-17(14)15/h2-4,6-9,12H,5,10-11H2,1H3,(H,20,21). The lowest BCUT2D eigenvalue weighted by Gasteiger charge is -2.05. The van der Waals surface area contributed by atoms with Crippen molar-refractivity contribution in [1.82, 2.24) is 5.32 Å². The Balaban J connectivity index is 2.21. The van der Waals surface area contributed by atoms with Crippen LogP contribution in [0.4, 0.5) is 0 Å². The van der Waals surface area contributed by atoms with E-state index in [0.29, 0.717) is 13.2 Å². The maximum Gasteiger partial charge on any atom is 0.261 e. The van der Waals surface area contributed by atoms with Crippen LogP contribution in [0.2, 0.25) is 0 Å². The molecule has 0 fully saturated rings. The van der Waals surface area contributed by atoms with Gasteiger partial charge in [0.15, 0.2) is 0 Å². The molecule has 22 heavy (non-hydrogen) atoms. The second-order valence-electron chi connectivity index (χ2n) is 4.84. The Bertz CT molecular complexity index is 724. The molecule has 0 atom stereocenters. The molecule has 1 N–H and O–H groups in total. The molecule has 0 spiro atoms. The molecule has 4 heteroatoms. The first-order chi connectivity index (χ1) is 10.8. The predicted molar refractivity (Wildman–Crippen MR) is 87.0 cm³/mol. The summed E-state index contributed by atoms with van der Waals surface area (Å²) in [6.45, 7) is 1.07. The van der Waals surface area contributed by atoms with Crippen molar-refractivity contribution in [1.29, 1.82) is 5.26 Å². The third kappa shape index (κ3) is 3.94. The lowest BCUT2D eigenvalue weighted by atomic mass is 10.0. The second-order valence-corrected chi connectivity index (χ2v) is 4.84. The third-order valence-electron chi connectivity index (χ3n) is 3.30. The first-order valence-electron chi connectivity index (χ1n) is 7.13.